The Kier molecular flexibility index (Phi) is 2.97. The van der Waals surface area contributed by atoms with E-state index >= 15 is 0 Å². The van der Waals surface area contributed by atoms with Crippen molar-refractivity contribution in [2.24, 2.45) is 0 Å². The zero-order chi connectivity index (χ0) is 11.7. The van der Waals surface area contributed by atoms with E-state index in [1.807, 2.05) is 0 Å². The first kappa shape index (κ1) is 11.2. The highest BCUT2D eigenvalue weighted by molar-refractivity contribution is 7.99. The maximum Gasteiger partial charge on any atom is 0.284 e. The Morgan fingerprint density at radius 1 is 1.69 bits per heavy atom. The highest BCUT2D eigenvalue weighted by Gasteiger charge is 2.21. The van der Waals surface area contributed by atoms with Gasteiger partial charge in [-0.25, -0.2) is 10.0 Å². The van der Waals surface area contributed by atoms with Crippen LogP contribution < -0.4 is 5.56 Å². The summed E-state index contributed by atoms with van der Waals surface area (Å²) in [5, 5.41) is 1.68. The molecular weight excluding hydrogens is 230 g/mol. The summed E-state index contributed by atoms with van der Waals surface area (Å²) in [6.45, 7) is 0.601. The first-order valence-electron chi connectivity index (χ1n) is 4.70. The average Bonchev–Trinajstić information content (AvgIpc) is 2.76. The van der Waals surface area contributed by atoms with Crippen molar-refractivity contribution in [2.75, 3.05) is 19.9 Å². The van der Waals surface area contributed by atoms with E-state index < -0.39 is 5.91 Å². The lowest BCUT2D eigenvalue weighted by Gasteiger charge is -2.13. The molecule has 0 radical (unpaired) electrons. The molecule has 0 atom stereocenters. The van der Waals surface area contributed by atoms with Crippen molar-refractivity contribution in [2.45, 2.75) is 11.7 Å². The topological polar surface area (TPSA) is 64.4 Å². The van der Waals surface area contributed by atoms with Gasteiger partial charge in [-0.2, -0.15) is 0 Å². The standard InChI is InChI=1S/C9H11N3O3S/c1-11(15-2)7(13)6-5-10-9-12(8(6)14)3-4-16-9/h5H,3-4H2,1-2H3. The van der Waals surface area contributed by atoms with Crippen LogP contribution in [0.3, 0.4) is 0 Å². The Balaban J connectivity index is 2.44. The predicted octanol–water partition coefficient (Wildman–Crippen LogP) is -0.0176. The van der Waals surface area contributed by atoms with Gasteiger partial charge in [-0.05, 0) is 0 Å². The fourth-order valence-electron chi connectivity index (χ4n) is 1.42. The number of hydrogen-bond donors (Lipinski definition) is 0. The van der Waals surface area contributed by atoms with Gasteiger partial charge in [-0.15, -0.1) is 0 Å². The molecular formula is C9H11N3O3S. The molecule has 0 fully saturated rings. The fraction of sp³-hybridized carbons (Fsp3) is 0.444. The van der Waals surface area contributed by atoms with Crippen LogP contribution in [0.15, 0.2) is 16.1 Å². The van der Waals surface area contributed by atoms with E-state index in [0.29, 0.717) is 11.7 Å². The number of thioether (sulfide) groups is 1. The third-order valence-electron chi connectivity index (χ3n) is 2.35. The number of carbonyl (C=O) groups is 1. The van der Waals surface area contributed by atoms with Crippen LogP contribution in [0.4, 0.5) is 0 Å². The van der Waals surface area contributed by atoms with Gasteiger partial charge in [0, 0.05) is 25.5 Å². The maximum atomic E-state index is 11.9. The SMILES string of the molecule is CON(C)C(=O)c1cnc2n(c1=O)CCS2. The number of hydroxylamine groups is 2. The largest absolute Gasteiger partial charge is 0.286 e. The Labute approximate surface area is 96.2 Å². The highest BCUT2D eigenvalue weighted by atomic mass is 32.2. The lowest BCUT2D eigenvalue weighted by Crippen LogP contribution is -2.34. The van der Waals surface area contributed by atoms with Crippen molar-refractivity contribution in [3.05, 3.63) is 22.1 Å². The van der Waals surface area contributed by atoms with Crippen LogP contribution in [0.2, 0.25) is 0 Å². The number of amides is 1. The minimum Gasteiger partial charge on any atom is -0.286 e. The second-order valence-corrected chi connectivity index (χ2v) is 4.31. The Hall–Kier alpha value is -1.34. The van der Waals surface area contributed by atoms with E-state index in [-0.39, 0.29) is 11.1 Å². The smallest absolute Gasteiger partial charge is 0.284 e. The number of hydrogen-bond acceptors (Lipinski definition) is 5. The van der Waals surface area contributed by atoms with E-state index in [9.17, 15) is 9.59 Å². The third-order valence-corrected chi connectivity index (χ3v) is 3.32. The molecule has 6 nitrogen and oxygen atoms in total. The van der Waals surface area contributed by atoms with E-state index in [2.05, 4.69) is 4.98 Å². The van der Waals surface area contributed by atoms with Crippen molar-refractivity contribution in [3.63, 3.8) is 0 Å². The van der Waals surface area contributed by atoms with Gasteiger partial charge in [-0.1, -0.05) is 11.8 Å². The third kappa shape index (κ3) is 1.72. The Morgan fingerprint density at radius 3 is 3.12 bits per heavy atom. The second kappa shape index (κ2) is 4.26. The maximum absolute atomic E-state index is 11.9. The first-order valence-corrected chi connectivity index (χ1v) is 5.68. The summed E-state index contributed by atoms with van der Waals surface area (Å²) in [7, 11) is 2.82. The summed E-state index contributed by atoms with van der Waals surface area (Å²) in [5.41, 5.74) is -0.264. The number of nitrogens with zero attached hydrogens (tertiary/aromatic N) is 3. The molecule has 0 N–H and O–H groups in total. The van der Waals surface area contributed by atoms with Crippen molar-refractivity contribution >= 4 is 17.7 Å². The van der Waals surface area contributed by atoms with Gasteiger partial charge in [0.25, 0.3) is 11.5 Å². The molecule has 0 aliphatic carbocycles. The minimum atomic E-state index is -0.479. The average molecular weight is 241 g/mol. The zero-order valence-corrected chi connectivity index (χ0v) is 9.78. The van der Waals surface area contributed by atoms with Gasteiger partial charge in [0.05, 0.1) is 7.11 Å². The van der Waals surface area contributed by atoms with Crippen molar-refractivity contribution in [3.8, 4) is 0 Å². The Morgan fingerprint density at radius 2 is 2.44 bits per heavy atom. The second-order valence-electron chi connectivity index (χ2n) is 3.24. The van der Waals surface area contributed by atoms with Crippen molar-refractivity contribution in [1.29, 1.82) is 0 Å². The monoisotopic (exact) mass is 241 g/mol. The van der Waals surface area contributed by atoms with Gasteiger partial charge in [0.15, 0.2) is 5.16 Å². The molecule has 1 aromatic rings. The lowest BCUT2D eigenvalue weighted by atomic mass is 10.3. The van der Waals surface area contributed by atoms with Crippen LogP contribution in [-0.4, -0.2) is 40.4 Å². The first-order chi connectivity index (χ1) is 7.65. The fourth-order valence-corrected chi connectivity index (χ4v) is 2.33. The van der Waals surface area contributed by atoms with Crippen LogP contribution in [-0.2, 0) is 11.4 Å². The molecule has 86 valence electrons. The zero-order valence-electron chi connectivity index (χ0n) is 8.97. The molecule has 2 rings (SSSR count). The lowest BCUT2D eigenvalue weighted by molar-refractivity contribution is -0.0758. The highest BCUT2D eigenvalue weighted by Crippen LogP contribution is 2.20. The molecule has 0 spiro atoms. The molecule has 1 amide bonds. The molecule has 0 bridgehead atoms. The van der Waals surface area contributed by atoms with Gasteiger partial charge < -0.3 is 0 Å². The van der Waals surface area contributed by atoms with E-state index in [4.69, 9.17) is 4.84 Å². The van der Waals surface area contributed by atoms with Crippen LogP contribution in [0.25, 0.3) is 0 Å². The number of rotatable bonds is 2. The van der Waals surface area contributed by atoms with Crippen molar-refractivity contribution in [1.82, 2.24) is 14.6 Å². The predicted molar refractivity (Wildman–Crippen MR) is 58.3 cm³/mol. The minimum absolute atomic E-state index is 0.0376. The molecule has 16 heavy (non-hydrogen) atoms. The van der Waals surface area contributed by atoms with E-state index in [0.717, 1.165) is 10.8 Å². The number of carbonyl (C=O) groups excluding carboxylic acids is 1. The van der Waals surface area contributed by atoms with Gasteiger partial charge in [0.1, 0.15) is 5.56 Å². The summed E-state index contributed by atoms with van der Waals surface area (Å²) in [6.07, 6.45) is 1.31. The van der Waals surface area contributed by atoms with Gasteiger partial charge in [0.2, 0.25) is 0 Å². The Bertz CT molecular complexity index is 485. The van der Waals surface area contributed by atoms with Crippen LogP contribution >= 0.6 is 11.8 Å². The van der Waals surface area contributed by atoms with E-state index in [1.54, 1.807) is 0 Å². The summed E-state index contributed by atoms with van der Waals surface area (Å²) in [6, 6.07) is 0. The van der Waals surface area contributed by atoms with E-state index in [1.165, 1.54) is 36.7 Å². The van der Waals surface area contributed by atoms with Crippen LogP contribution in [0.1, 0.15) is 10.4 Å². The molecule has 1 aliphatic rings. The molecule has 0 unspecified atom stereocenters. The van der Waals surface area contributed by atoms with Crippen LogP contribution in [0.5, 0.6) is 0 Å². The van der Waals surface area contributed by atoms with Gasteiger partial charge in [-0.3, -0.25) is 19.0 Å². The molecule has 0 saturated heterocycles. The number of fused-ring (bicyclic) bond motifs is 1. The molecule has 0 saturated carbocycles. The molecule has 2 heterocycles. The molecule has 7 heteroatoms. The van der Waals surface area contributed by atoms with Crippen molar-refractivity contribution < 1.29 is 9.63 Å². The summed E-state index contributed by atoms with van der Waals surface area (Å²) < 4.78 is 1.52. The quantitative estimate of drug-likeness (QED) is 0.538. The number of aromatic nitrogens is 2. The molecule has 1 aromatic heterocycles. The normalized spacial score (nSPS) is 13.6. The molecule has 1 aliphatic heterocycles. The molecule has 0 aromatic carbocycles. The van der Waals surface area contributed by atoms with Gasteiger partial charge >= 0.3 is 0 Å². The van der Waals surface area contributed by atoms with Crippen LogP contribution in [0, 0.1) is 0 Å². The summed E-state index contributed by atoms with van der Waals surface area (Å²) in [5.74, 6) is 0.340. The summed E-state index contributed by atoms with van der Waals surface area (Å²) >= 11 is 1.51. The summed E-state index contributed by atoms with van der Waals surface area (Å²) in [4.78, 5) is 32.5.